The van der Waals surface area contributed by atoms with Crippen molar-refractivity contribution < 1.29 is 9.13 Å². The second-order valence-corrected chi connectivity index (χ2v) is 5.88. The van der Waals surface area contributed by atoms with Gasteiger partial charge in [-0.2, -0.15) is 0 Å². The Hall–Kier alpha value is -0.800. The van der Waals surface area contributed by atoms with Gasteiger partial charge < -0.3 is 10.1 Å². The molecule has 2 fully saturated rings. The van der Waals surface area contributed by atoms with Gasteiger partial charge in [-0.15, -0.1) is 0 Å². The summed E-state index contributed by atoms with van der Waals surface area (Å²) in [7, 11) is 0. The summed E-state index contributed by atoms with van der Waals surface area (Å²) in [5.74, 6) is 0.280. The van der Waals surface area contributed by atoms with Crippen LogP contribution in [0.2, 0.25) is 5.02 Å². The summed E-state index contributed by atoms with van der Waals surface area (Å²) >= 11 is 5.96. The van der Waals surface area contributed by atoms with E-state index < -0.39 is 0 Å². The molecule has 1 N–H and O–H groups in total. The average Bonchev–Trinajstić information content (AvgIpc) is 2.32. The fraction of sp³-hybridized carbons (Fsp3) is 0.571. The van der Waals surface area contributed by atoms with E-state index in [2.05, 4.69) is 5.32 Å². The molecule has 98 valence electrons. The van der Waals surface area contributed by atoms with Gasteiger partial charge in [-0.1, -0.05) is 11.6 Å². The van der Waals surface area contributed by atoms with Gasteiger partial charge in [-0.3, -0.25) is 0 Å². The smallest absolute Gasteiger partial charge is 0.138 e. The third-order valence-corrected chi connectivity index (χ3v) is 4.47. The Kier molecular flexibility index (Phi) is 3.20. The molecular weight excluding hydrogens is 253 g/mol. The molecule has 2 nitrogen and oxygen atoms in total. The van der Waals surface area contributed by atoms with Gasteiger partial charge in [0.25, 0.3) is 0 Å². The van der Waals surface area contributed by atoms with Crippen LogP contribution in [-0.4, -0.2) is 19.2 Å². The summed E-state index contributed by atoms with van der Waals surface area (Å²) in [4.78, 5) is 0. The number of nitrogens with one attached hydrogen (secondary N) is 1. The van der Waals surface area contributed by atoms with Crippen LogP contribution in [0.15, 0.2) is 18.2 Å². The first-order valence-corrected chi connectivity index (χ1v) is 6.87. The first-order valence-electron chi connectivity index (χ1n) is 6.49. The van der Waals surface area contributed by atoms with Gasteiger partial charge in [0.15, 0.2) is 0 Å². The van der Waals surface area contributed by atoms with E-state index in [0.717, 1.165) is 25.9 Å². The molecule has 0 radical (unpaired) electrons. The number of halogens is 2. The van der Waals surface area contributed by atoms with E-state index >= 15 is 0 Å². The lowest BCUT2D eigenvalue weighted by Gasteiger charge is -2.49. The van der Waals surface area contributed by atoms with Gasteiger partial charge in [-0.05, 0) is 62.4 Å². The summed E-state index contributed by atoms with van der Waals surface area (Å²) in [5, 5.41) is 3.75. The average molecular weight is 270 g/mol. The maximum atomic E-state index is 12.9. The number of rotatable bonds is 2. The van der Waals surface area contributed by atoms with Crippen LogP contribution in [0.4, 0.5) is 4.39 Å². The molecule has 1 aromatic carbocycles. The molecule has 4 heteroatoms. The molecule has 1 aliphatic heterocycles. The number of ether oxygens (including phenoxy) is 1. The predicted molar refractivity (Wildman–Crippen MR) is 69.6 cm³/mol. The lowest BCUT2D eigenvalue weighted by Crippen LogP contribution is -2.49. The van der Waals surface area contributed by atoms with Crippen LogP contribution in [0.5, 0.6) is 5.75 Å². The monoisotopic (exact) mass is 269 g/mol. The normalized spacial score (nSPS) is 22.8. The summed E-state index contributed by atoms with van der Waals surface area (Å²) in [6, 6.07) is 4.31. The van der Waals surface area contributed by atoms with Gasteiger partial charge in [-0.25, -0.2) is 4.39 Å². The first-order chi connectivity index (χ1) is 8.67. The number of hydrogen-bond acceptors (Lipinski definition) is 2. The zero-order valence-electron chi connectivity index (χ0n) is 10.2. The molecule has 1 spiro atoms. The number of piperidine rings is 1. The molecule has 2 aliphatic rings. The lowest BCUT2D eigenvalue weighted by atomic mass is 9.62. The molecule has 1 saturated heterocycles. The van der Waals surface area contributed by atoms with Gasteiger partial charge in [0, 0.05) is 0 Å². The van der Waals surface area contributed by atoms with Crippen LogP contribution in [0, 0.1) is 11.2 Å². The second-order valence-electron chi connectivity index (χ2n) is 5.47. The van der Waals surface area contributed by atoms with E-state index in [1.165, 1.54) is 25.0 Å². The van der Waals surface area contributed by atoms with Crippen molar-refractivity contribution in [2.75, 3.05) is 13.1 Å². The summed E-state index contributed by atoms with van der Waals surface area (Å²) in [5.41, 5.74) is 0.489. The highest BCUT2D eigenvalue weighted by molar-refractivity contribution is 6.32. The highest BCUT2D eigenvalue weighted by Crippen LogP contribution is 2.49. The molecule has 1 aliphatic carbocycles. The Balaban J connectivity index is 1.59. The Morgan fingerprint density at radius 3 is 2.67 bits per heavy atom. The molecular formula is C14H17ClFNO. The molecule has 0 amide bonds. The topological polar surface area (TPSA) is 21.3 Å². The molecule has 1 saturated carbocycles. The van der Waals surface area contributed by atoms with Crippen molar-refractivity contribution in [3.8, 4) is 5.75 Å². The third-order valence-electron chi connectivity index (χ3n) is 4.17. The summed E-state index contributed by atoms with van der Waals surface area (Å²) in [6.45, 7) is 2.23. The molecule has 0 aromatic heterocycles. The largest absolute Gasteiger partial charge is 0.489 e. The van der Waals surface area contributed by atoms with Crippen molar-refractivity contribution >= 4 is 11.6 Å². The Labute approximate surface area is 111 Å². The SMILES string of the molecule is Fc1ccc(OC2CC3(CCNCC3)C2)c(Cl)c1. The van der Waals surface area contributed by atoms with E-state index in [9.17, 15) is 4.39 Å². The third kappa shape index (κ3) is 2.34. The quantitative estimate of drug-likeness (QED) is 0.889. The van der Waals surface area contributed by atoms with E-state index in [1.807, 2.05) is 0 Å². The Morgan fingerprint density at radius 2 is 2.00 bits per heavy atom. The molecule has 18 heavy (non-hydrogen) atoms. The molecule has 3 rings (SSSR count). The predicted octanol–water partition coefficient (Wildman–Crippen LogP) is 3.39. The van der Waals surface area contributed by atoms with E-state index in [1.54, 1.807) is 6.07 Å². The van der Waals surface area contributed by atoms with Crippen LogP contribution in [0.25, 0.3) is 0 Å². The van der Waals surface area contributed by atoms with E-state index in [0.29, 0.717) is 16.2 Å². The number of hydrogen-bond donors (Lipinski definition) is 1. The van der Waals surface area contributed by atoms with Gasteiger partial charge >= 0.3 is 0 Å². The lowest BCUT2D eigenvalue weighted by molar-refractivity contribution is -0.0347. The molecule has 0 atom stereocenters. The van der Waals surface area contributed by atoms with Crippen LogP contribution in [-0.2, 0) is 0 Å². The van der Waals surface area contributed by atoms with Crippen molar-refractivity contribution in [1.82, 2.24) is 5.32 Å². The summed E-state index contributed by atoms with van der Waals surface area (Å²) < 4.78 is 18.8. The van der Waals surface area contributed by atoms with Crippen molar-refractivity contribution in [3.05, 3.63) is 29.0 Å². The first kappa shape index (κ1) is 12.2. The minimum atomic E-state index is -0.323. The summed E-state index contributed by atoms with van der Waals surface area (Å²) in [6.07, 6.45) is 4.92. The second kappa shape index (κ2) is 4.71. The number of benzene rings is 1. The van der Waals surface area contributed by atoms with Crippen LogP contribution >= 0.6 is 11.6 Å². The van der Waals surface area contributed by atoms with Crippen molar-refractivity contribution in [2.24, 2.45) is 5.41 Å². The minimum absolute atomic E-state index is 0.242. The van der Waals surface area contributed by atoms with Crippen molar-refractivity contribution in [3.63, 3.8) is 0 Å². The zero-order chi connectivity index (χ0) is 12.6. The molecule has 1 aromatic rings. The maximum absolute atomic E-state index is 12.9. The van der Waals surface area contributed by atoms with Gasteiger partial charge in [0.2, 0.25) is 0 Å². The Bertz CT molecular complexity index is 437. The van der Waals surface area contributed by atoms with Crippen LogP contribution in [0.1, 0.15) is 25.7 Å². The molecule has 1 heterocycles. The van der Waals surface area contributed by atoms with Crippen LogP contribution in [0.3, 0.4) is 0 Å². The van der Waals surface area contributed by atoms with E-state index in [4.69, 9.17) is 16.3 Å². The fourth-order valence-electron chi connectivity index (χ4n) is 3.11. The van der Waals surface area contributed by atoms with Gasteiger partial charge in [0.1, 0.15) is 11.6 Å². The van der Waals surface area contributed by atoms with Crippen molar-refractivity contribution in [1.29, 1.82) is 0 Å². The van der Waals surface area contributed by atoms with E-state index in [-0.39, 0.29) is 11.9 Å². The van der Waals surface area contributed by atoms with Crippen molar-refractivity contribution in [2.45, 2.75) is 31.8 Å². The highest BCUT2D eigenvalue weighted by Gasteiger charge is 2.45. The maximum Gasteiger partial charge on any atom is 0.138 e. The molecule has 0 unspecified atom stereocenters. The minimum Gasteiger partial charge on any atom is -0.489 e. The zero-order valence-corrected chi connectivity index (χ0v) is 11.0. The highest BCUT2D eigenvalue weighted by atomic mass is 35.5. The Morgan fingerprint density at radius 1 is 1.28 bits per heavy atom. The molecule has 0 bridgehead atoms. The van der Waals surface area contributed by atoms with Gasteiger partial charge in [0.05, 0.1) is 11.1 Å². The fourth-order valence-corrected chi connectivity index (χ4v) is 3.32. The standard InChI is InChI=1S/C14H17ClFNO/c15-12-7-10(16)1-2-13(12)18-11-8-14(9-11)3-5-17-6-4-14/h1-2,7,11,17H,3-6,8-9H2. The van der Waals surface area contributed by atoms with Crippen LogP contribution < -0.4 is 10.1 Å².